The Bertz CT molecular complexity index is 156. The maximum atomic E-state index is 6.37. The largest absolute Gasteiger partial charge is 0.352 e. The first-order valence-electron chi connectivity index (χ1n) is 5.56. The van der Waals surface area contributed by atoms with Crippen molar-refractivity contribution in [2.24, 2.45) is 5.40 Å². The van der Waals surface area contributed by atoms with Crippen molar-refractivity contribution < 1.29 is 9.47 Å². The molecule has 0 aromatic carbocycles. The number of hydrogen-bond donors (Lipinski definition) is 1. The molecule has 0 aromatic rings. The van der Waals surface area contributed by atoms with Gasteiger partial charge in [-0.2, -0.15) is 0 Å². The molecular weight excluding hydrogens is 194 g/mol. The Morgan fingerprint density at radius 2 is 1.50 bits per heavy atom. The fourth-order valence-corrected chi connectivity index (χ4v) is 4.01. The average molecular weight is 219 g/mol. The third-order valence-corrected chi connectivity index (χ3v) is 6.68. The molecule has 0 aliphatic heterocycles. The van der Waals surface area contributed by atoms with Crippen LogP contribution < -0.4 is 5.40 Å². The van der Waals surface area contributed by atoms with E-state index in [1.54, 1.807) is 0 Å². The van der Waals surface area contributed by atoms with Crippen molar-refractivity contribution in [3.05, 3.63) is 0 Å². The highest BCUT2D eigenvalue weighted by molar-refractivity contribution is 6.77. The van der Waals surface area contributed by atoms with Crippen LogP contribution in [0.5, 0.6) is 0 Å². The van der Waals surface area contributed by atoms with Gasteiger partial charge in [-0.25, -0.2) is 0 Å². The first-order chi connectivity index (χ1) is 6.49. The third-order valence-electron chi connectivity index (χ3n) is 2.83. The van der Waals surface area contributed by atoms with Crippen LogP contribution in [0.4, 0.5) is 0 Å². The lowest BCUT2D eigenvalue weighted by Crippen LogP contribution is -2.65. The Morgan fingerprint density at radius 3 is 1.71 bits per heavy atom. The normalized spacial score (nSPS) is 16.7. The van der Waals surface area contributed by atoms with Gasteiger partial charge >= 0.3 is 0 Å². The molecular formula is C10H25NO2Si. The SMILES string of the molecule is CCOC(CC)(OCC)[Si](C)(N)CC. The highest BCUT2D eigenvalue weighted by Gasteiger charge is 2.47. The van der Waals surface area contributed by atoms with Gasteiger partial charge in [0.1, 0.15) is 0 Å². The maximum Gasteiger partial charge on any atom is 0.189 e. The Balaban J connectivity index is 4.80. The smallest absolute Gasteiger partial charge is 0.189 e. The summed E-state index contributed by atoms with van der Waals surface area (Å²) in [6.07, 6.45) is 0.835. The summed E-state index contributed by atoms with van der Waals surface area (Å²) in [5, 5.41) is 6.37. The summed E-state index contributed by atoms with van der Waals surface area (Å²) in [5.74, 6) is 0. The zero-order chi connectivity index (χ0) is 11.2. The second-order valence-electron chi connectivity index (χ2n) is 3.74. The Labute approximate surface area is 89.1 Å². The fraction of sp³-hybridized carbons (Fsp3) is 1.00. The molecule has 0 heterocycles. The van der Waals surface area contributed by atoms with Crippen LogP contribution in [0.25, 0.3) is 0 Å². The summed E-state index contributed by atoms with van der Waals surface area (Å²) in [6.45, 7) is 11.6. The minimum absolute atomic E-state index is 0.495. The maximum absolute atomic E-state index is 6.37. The number of rotatable bonds is 7. The molecule has 3 nitrogen and oxygen atoms in total. The molecule has 0 saturated heterocycles. The molecule has 0 bridgehead atoms. The highest BCUT2D eigenvalue weighted by Crippen LogP contribution is 2.29. The molecule has 0 amide bonds. The molecule has 2 N–H and O–H groups in total. The van der Waals surface area contributed by atoms with E-state index in [0.717, 1.165) is 12.5 Å². The standard InChI is InChI=1S/C10H25NO2Si/c1-6-10(12-7-2,13-8-3)14(5,11)9-4/h6-9,11H2,1-5H3. The summed E-state index contributed by atoms with van der Waals surface area (Å²) in [6, 6.07) is 0.973. The van der Waals surface area contributed by atoms with E-state index in [4.69, 9.17) is 14.9 Å². The van der Waals surface area contributed by atoms with Crippen molar-refractivity contribution in [3.8, 4) is 0 Å². The van der Waals surface area contributed by atoms with Crippen LogP contribution >= 0.6 is 0 Å². The van der Waals surface area contributed by atoms with Crippen molar-refractivity contribution in [2.75, 3.05) is 13.2 Å². The minimum atomic E-state index is -1.94. The monoisotopic (exact) mass is 219 g/mol. The topological polar surface area (TPSA) is 44.5 Å². The van der Waals surface area contributed by atoms with Crippen molar-refractivity contribution in [3.63, 3.8) is 0 Å². The number of ether oxygens (including phenoxy) is 2. The summed E-state index contributed by atoms with van der Waals surface area (Å²) >= 11 is 0. The van der Waals surface area contributed by atoms with Gasteiger partial charge in [0, 0.05) is 13.2 Å². The third kappa shape index (κ3) is 2.79. The summed E-state index contributed by atoms with van der Waals surface area (Å²) < 4.78 is 11.6. The van der Waals surface area contributed by atoms with Crippen LogP contribution in [0.3, 0.4) is 0 Å². The van der Waals surface area contributed by atoms with Gasteiger partial charge in [0.25, 0.3) is 0 Å². The van der Waals surface area contributed by atoms with Crippen molar-refractivity contribution in [1.29, 1.82) is 0 Å². The van der Waals surface area contributed by atoms with E-state index >= 15 is 0 Å². The quantitative estimate of drug-likeness (QED) is 0.527. The van der Waals surface area contributed by atoms with Gasteiger partial charge < -0.3 is 14.9 Å². The molecule has 0 aliphatic carbocycles. The van der Waals surface area contributed by atoms with Crippen LogP contribution in [0.1, 0.15) is 34.1 Å². The Morgan fingerprint density at radius 1 is 1.07 bits per heavy atom. The van der Waals surface area contributed by atoms with E-state index < -0.39 is 13.6 Å². The number of hydrogen-bond acceptors (Lipinski definition) is 3. The van der Waals surface area contributed by atoms with Gasteiger partial charge in [-0.3, -0.25) is 0 Å². The van der Waals surface area contributed by atoms with Gasteiger partial charge in [0.05, 0.1) is 0 Å². The molecule has 0 rings (SSSR count). The van der Waals surface area contributed by atoms with E-state index in [1.165, 1.54) is 0 Å². The average Bonchev–Trinajstić information content (AvgIpc) is 2.17. The van der Waals surface area contributed by atoms with Crippen LogP contribution in [-0.4, -0.2) is 26.9 Å². The molecule has 0 spiro atoms. The van der Waals surface area contributed by atoms with Gasteiger partial charge in [-0.15, -0.1) is 0 Å². The van der Waals surface area contributed by atoms with Gasteiger partial charge in [0.15, 0.2) is 13.6 Å². The van der Waals surface area contributed by atoms with Crippen LogP contribution in [0, 0.1) is 0 Å². The minimum Gasteiger partial charge on any atom is -0.352 e. The van der Waals surface area contributed by atoms with E-state index in [1.807, 2.05) is 13.8 Å². The molecule has 14 heavy (non-hydrogen) atoms. The second kappa shape index (κ2) is 5.85. The van der Waals surface area contributed by atoms with E-state index in [0.29, 0.717) is 13.2 Å². The predicted molar refractivity (Wildman–Crippen MR) is 62.6 cm³/mol. The van der Waals surface area contributed by atoms with Crippen molar-refractivity contribution in [2.45, 2.75) is 52.1 Å². The Kier molecular flexibility index (Phi) is 5.89. The van der Waals surface area contributed by atoms with Crippen molar-refractivity contribution in [1.82, 2.24) is 0 Å². The molecule has 0 aliphatic rings. The van der Waals surface area contributed by atoms with Crippen LogP contribution in [-0.2, 0) is 9.47 Å². The van der Waals surface area contributed by atoms with Crippen LogP contribution in [0.15, 0.2) is 0 Å². The molecule has 86 valence electrons. The first kappa shape index (κ1) is 14.1. The zero-order valence-electron chi connectivity index (χ0n) is 10.2. The fourth-order valence-electron chi connectivity index (χ4n) is 1.72. The van der Waals surface area contributed by atoms with E-state index in [9.17, 15) is 0 Å². The van der Waals surface area contributed by atoms with Crippen molar-refractivity contribution >= 4 is 8.24 Å². The molecule has 1 atom stereocenters. The molecule has 0 fully saturated rings. The molecule has 4 heteroatoms. The van der Waals surface area contributed by atoms with Gasteiger partial charge in [0.2, 0.25) is 0 Å². The zero-order valence-corrected chi connectivity index (χ0v) is 11.2. The van der Waals surface area contributed by atoms with Gasteiger partial charge in [-0.1, -0.05) is 20.4 Å². The summed E-state index contributed by atoms with van der Waals surface area (Å²) in [4.78, 5) is 0. The first-order valence-corrected chi connectivity index (χ1v) is 8.34. The second-order valence-corrected chi connectivity index (χ2v) is 8.05. The summed E-state index contributed by atoms with van der Waals surface area (Å²) in [5.41, 5.74) is -0.495. The predicted octanol–water partition coefficient (Wildman–Crippen LogP) is 2.26. The van der Waals surface area contributed by atoms with Crippen LogP contribution in [0.2, 0.25) is 12.6 Å². The molecule has 0 radical (unpaired) electrons. The van der Waals surface area contributed by atoms with E-state index in [-0.39, 0.29) is 0 Å². The van der Waals surface area contributed by atoms with E-state index in [2.05, 4.69) is 20.4 Å². The number of nitrogens with two attached hydrogens (primary N) is 1. The molecule has 1 unspecified atom stereocenters. The lowest BCUT2D eigenvalue weighted by Gasteiger charge is -2.42. The molecule has 0 aromatic heterocycles. The summed E-state index contributed by atoms with van der Waals surface area (Å²) in [7, 11) is -1.94. The lowest BCUT2D eigenvalue weighted by molar-refractivity contribution is -0.183. The molecule has 0 saturated carbocycles. The lowest BCUT2D eigenvalue weighted by atomic mass is 10.4. The van der Waals surface area contributed by atoms with Gasteiger partial charge in [-0.05, 0) is 26.3 Å². The Hall–Kier alpha value is 0.0969. The highest BCUT2D eigenvalue weighted by atomic mass is 28.3.